The number of carbonyl (C=O) groups is 1. The molecule has 1 N–H and O–H groups in total. The summed E-state index contributed by atoms with van der Waals surface area (Å²) in [5.41, 5.74) is 3.49. The van der Waals surface area contributed by atoms with Crippen molar-refractivity contribution < 1.29 is 9.18 Å². The van der Waals surface area contributed by atoms with Crippen LogP contribution in [0.1, 0.15) is 16.7 Å². The number of aryl methyl sites for hydroxylation is 2. The average molecular weight is 365 g/mol. The number of para-hydroxylation sites is 1. The second kappa shape index (κ2) is 7.54. The van der Waals surface area contributed by atoms with Crippen molar-refractivity contribution in [3.05, 3.63) is 65.0 Å². The van der Waals surface area contributed by atoms with Gasteiger partial charge in [0, 0.05) is 5.39 Å². The number of thioether (sulfide) groups is 1. The molecule has 0 aliphatic carbocycles. The number of benzene rings is 2. The molecule has 0 saturated carbocycles. The zero-order valence-corrected chi connectivity index (χ0v) is 15.2. The summed E-state index contributed by atoms with van der Waals surface area (Å²) in [4.78, 5) is 16.7. The van der Waals surface area contributed by atoms with Crippen molar-refractivity contribution in [1.82, 2.24) is 4.98 Å². The Bertz CT molecular complexity index is 1040. The van der Waals surface area contributed by atoms with E-state index in [0.717, 1.165) is 33.8 Å². The van der Waals surface area contributed by atoms with E-state index in [4.69, 9.17) is 0 Å². The fourth-order valence-corrected chi connectivity index (χ4v) is 3.45. The number of fused-ring (bicyclic) bond motifs is 1. The third-order valence-corrected chi connectivity index (χ3v) is 4.85. The Hall–Kier alpha value is -2.91. The van der Waals surface area contributed by atoms with Crippen LogP contribution in [0.3, 0.4) is 0 Å². The van der Waals surface area contributed by atoms with Gasteiger partial charge in [-0.3, -0.25) is 4.79 Å². The van der Waals surface area contributed by atoms with Crippen LogP contribution in [0.4, 0.5) is 10.1 Å². The van der Waals surface area contributed by atoms with Gasteiger partial charge in [-0.1, -0.05) is 30.0 Å². The van der Waals surface area contributed by atoms with Gasteiger partial charge in [0.15, 0.2) is 0 Å². The van der Waals surface area contributed by atoms with Crippen molar-refractivity contribution in [1.29, 1.82) is 5.26 Å². The molecule has 2 aromatic carbocycles. The minimum atomic E-state index is -0.488. The molecule has 6 heteroatoms. The van der Waals surface area contributed by atoms with Crippen molar-refractivity contribution in [2.45, 2.75) is 18.9 Å². The normalized spacial score (nSPS) is 10.5. The van der Waals surface area contributed by atoms with E-state index >= 15 is 0 Å². The molecule has 0 saturated heterocycles. The quantitative estimate of drug-likeness (QED) is 0.687. The minimum absolute atomic E-state index is 0.0340. The lowest BCUT2D eigenvalue weighted by molar-refractivity contribution is -0.113. The smallest absolute Gasteiger partial charge is 0.234 e. The summed E-state index contributed by atoms with van der Waals surface area (Å²) in [7, 11) is 0. The van der Waals surface area contributed by atoms with Gasteiger partial charge >= 0.3 is 0 Å². The summed E-state index contributed by atoms with van der Waals surface area (Å²) < 4.78 is 13.6. The topological polar surface area (TPSA) is 65.8 Å². The number of nitriles is 1. The summed E-state index contributed by atoms with van der Waals surface area (Å²) in [6, 6.07) is 13.9. The first-order chi connectivity index (χ1) is 12.5. The van der Waals surface area contributed by atoms with E-state index in [-0.39, 0.29) is 17.3 Å². The third-order valence-electron chi connectivity index (χ3n) is 3.86. The molecular weight excluding hydrogens is 349 g/mol. The van der Waals surface area contributed by atoms with Crippen molar-refractivity contribution in [2.75, 3.05) is 11.1 Å². The standard InChI is InChI=1S/C20H16FN3OS/c1-12-7-13(2)15-9-14(10-22)20(24-18(15)8-12)26-11-19(25)23-17-6-4-3-5-16(17)21/h3-9H,11H2,1-2H3,(H,23,25). The molecule has 0 radical (unpaired) electrons. The molecule has 0 bridgehead atoms. The number of carbonyl (C=O) groups excluding carboxylic acids is 1. The first-order valence-electron chi connectivity index (χ1n) is 7.97. The second-order valence-electron chi connectivity index (χ2n) is 5.92. The van der Waals surface area contributed by atoms with Crippen LogP contribution in [-0.2, 0) is 4.79 Å². The number of hydrogen-bond acceptors (Lipinski definition) is 4. The fourth-order valence-electron chi connectivity index (χ4n) is 2.69. The van der Waals surface area contributed by atoms with Crippen molar-refractivity contribution in [3.63, 3.8) is 0 Å². The van der Waals surface area contributed by atoms with Crippen LogP contribution in [0.25, 0.3) is 10.9 Å². The van der Waals surface area contributed by atoms with Crippen LogP contribution in [-0.4, -0.2) is 16.6 Å². The summed E-state index contributed by atoms with van der Waals surface area (Å²) in [5.74, 6) is -0.809. The number of nitrogens with zero attached hydrogens (tertiary/aromatic N) is 2. The highest BCUT2D eigenvalue weighted by atomic mass is 32.2. The van der Waals surface area contributed by atoms with Gasteiger partial charge in [-0.15, -0.1) is 0 Å². The number of rotatable bonds is 4. The van der Waals surface area contributed by atoms with Gasteiger partial charge in [0.05, 0.1) is 22.5 Å². The van der Waals surface area contributed by atoms with E-state index in [1.807, 2.05) is 26.0 Å². The average Bonchev–Trinajstić information content (AvgIpc) is 2.61. The lowest BCUT2D eigenvalue weighted by Gasteiger charge is -2.09. The van der Waals surface area contributed by atoms with Gasteiger partial charge in [0.2, 0.25) is 5.91 Å². The second-order valence-corrected chi connectivity index (χ2v) is 6.88. The van der Waals surface area contributed by atoms with Gasteiger partial charge in [0.25, 0.3) is 0 Å². The largest absolute Gasteiger partial charge is 0.323 e. The van der Waals surface area contributed by atoms with Crippen LogP contribution in [0.15, 0.2) is 47.5 Å². The first-order valence-corrected chi connectivity index (χ1v) is 8.96. The van der Waals surface area contributed by atoms with Gasteiger partial charge in [0.1, 0.15) is 16.9 Å². The van der Waals surface area contributed by atoms with Gasteiger partial charge in [-0.25, -0.2) is 9.37 Å². The molecule has 0 atom stereocenters. The lowest BCUT2D eigenvalue weighted by Crippen LogP contribution is -2.15. The Balaban J connectivity index is 1.81. The Morgan fingerprint density at radius 3 is 2.77 bits per heavy atom. The SMILES string of the molecule is Cc1cc(C)c2cc(C#N)c(SCC(=O)Nc3ccccc3F)nc2c1. The minimum Gasteiger partial charge on any atom is -0.323 e. The summed E-state index contributed by atoms with van der Waals surface area (Å²) in [5, 5.41) is 13.4. The number of pyridine rings is 1. The summed E-state index contributed by atoms with van der Waals surface area (Å²) >= 11 is 1.16. The monoisotopic (exact) mass is 365 g/mol. The molecule has 0 unspecified atom stereocenters. The zero-order chi connectivity index (χ0) is 18.7. The molecular formula is C20H16FN3OS. The number of aromatic nitrogens is 1. The molecule has 0 aliphatic rings. The molecule has 130 valence electrons. The van der Waals surface area contributed by atoms with E-state index in [1.54, 1.807) is 18.2 Å². The van der Waals surface area contributed by atoms with E-state index in [9.17, 15) is 14.4 Å². The molecule has 0 spiro atoms. The van der Waals surface area contributed by atoms with Crippen LogP contribution < -0.4 is 5.32 Å². The summed E-state index contributed by atoms with van der Waals surface area (Å²) in [6.07, 6.45) is 0. The van der Waals surface area contributed by atoms with E-state index < -0.39 is 5.82 Å². The summed E-state index contributed by atoms with van der Waals surface area (Å²) in [6.45, 7) is 3.97. The lowest BCUT2D eigenvalue weighted by atomic mass is 10.1. The Labute approximate surface area is 155 Å². The maximum absolute atomic E-state index is 13.6. The molecule has 1 heterocycles. The molecule has 0 fully saturated rings. The van der Waals surface area contributed by atoms with Crippen molar-refractivity contribution in [3.8, 4) is 6.07 Å². The Morgan fingerprint density at radius 1 is 1.27 bits per heavy atom. The van der Waals surface area contributed by atoms with Crippen LogP contribution >= 0.6 is 11.8 Å². The molecule has 3 aromatic rings. The molecule has 3 rings (SSSR count). The molecule has 1 amide bonds. The molecule has 1 aromatic heterocycles. The highest BCUT2D eigenvalue weighted by molar-refractivity contribution is 8.00. The number of nitrogens with one attached hydrogen (secondary N) is 1. The number of halogens is 1. The van der Waals surface area contributed by atoms with Crippen LogP contribution in [0.2, 0.25) is 0 Å². The zero-order valence-electron chi connectivity index (χ0n) is 14.3. The van der Waals surface area contributed by atoms with E-state index in [1.165, 1.54) is 12.1 Å². The van der Waals surface area contributed by atoms with Gasteiger partial charge in [-0.2, -0.15) is 5.26 Å². The number of hydrogen-bond donors (Lipinski definition) is 1. The first kappa shape index (κ1) is 17.9. The van der Waals surface area contributed by atoms with Gasteiger partial charge < -0.3 is 5.32 Å². The Kier molecular flexibility index (Phi) is 5.19. The van der Waals surface area contributed by atoms with Crippen molar-refractivity contribution >= 4 is 34.3 Å². The van der Waals surface area contributed by atoms with Crippen LogP contribution in [0.5, 0.6) is 0 Å². The molecule has 0 aliphatic heterocycles. The predicted molar refractivity (Wildman–Crippen MR) is 102 cm³/mol. The third kappa shape index (κ3) is 3.84. The van der Waals surface area contributed by atoms with Crippen LogP contribution in [0, 0.1) is 31.0 Å². The number of anilines is 1. The Morgan fingerprint density at radius 2 is 2.04 bits per heavy atom. The molecule has 26 heavy (non-hydrogen) atoms. The van der Waals surface area contributed by atoms with Crippen molar-refractivity contribution in [2.24, 2.45) is 0 Å². The maximum Gasteiger partial charge on any atom is 0.234 e. The highest BCUT2D eigenvalue weighted by Gasteiger charge is 2.12. The fraction of sp³-hybridized carbons (Fsp3) is 0.150. The van der Waals surface area contributed by atoms with E-state index in [2.05, 4.69) is 16.4 Å². The predicted octanol–water partition coefficient (Wildman–Crippen LogP) is 4.59. The highest BCUT2D eigenvalue weighted by Crippen LogP contribution is 2.27. The van der Waals surface area contributed by atoms with E-state index in [0.29, 0.717) is 10.6 Å². The number of amides is 1. The molecule has 4 nitrogen and oxygen atoms in total. The van der Waals surface area contributed by atoms with Gasteiger partial charge in [-0.05, 0) is 49.2 Å². The maximum atomic E-state index is 13.6.